The standard InChI is InChI=1S/C42H60N10O6/c1-10-50(11-2)40(56)34-22-16-19-31(43-34)37(53)46(7)25-28-49(29-26-47(8)38(54)32-20-17-23-35(44-32)41(57)51(12-3)13-4)30-27-48(9)39(55)33-21-18-24-36(45-33)42(58)52(14-5)15-6/h16-24H,10-15,25-30H2,1-9H3. The Morgan fingerprint density at radius 2 is 0.569 bits per heavy atom. The number of nitrogens with zero attached hydrogens (tertiary/aromatic N) is 10. The van der Waals surface area contributed by atoms with Crippen molar-refractivity contribution in [1.82, 2.24) is 49.3 Å². The molecule has 0 unspecified atom stereocenters. The predicted octanol–water partition coefficient (Wildman–Crippen LogP) is 3.24. The fourth-order valence-corrected chi connectivity index (χ4v) is 6.14. The number of carbonyl (C=O) groups is 6. The van der Waals surface area contributed by atoms with Gasteiger partial charge in [-0.1, -0.05) is 18.2 Å². The Bertz CT molecular complexity index is 1670. The number of amides is 6. The zero-order valence-corrected chi connectivity index (χ0v) is 35.6. The van der Waals surface area contributed by atoms with Crippen molar-refractivity contribution in [2.24, 2.45) is 0 Å². The highest BCUT2D eigenvalue weighted by Gasteiger charge is 2.23. The second-order valence-electron chi connectivity index (χ2n) is 13.7. The lowest BCUT2D eigenvalue weighted by atomic mass is 10.2. The van der Waals surface area contributed by atoms with Crippen LogP contribution in [0.15, 0.2) is 54.6 Å². The number of aromatic nitrogens is 3. The molecule has 0 bridgehead atoms. The third-order valence-corrected chi connectivity index (χ3v) is 10.0. The third-order valence-electron chi connectivity index (χ3n) is 10.0. The van der Waals surface area contributed by atoms with Crippen LogP contribution in [-0.4, -0.2) is 184 Å². The maximum absolute atomic E-state index is 13.5. The van der Waals surface area contributed by atoms with Gasteiger partial charge in [-0.2, -0.15) is 0 Å². The van der Waals surface area contributed by atoms with Crippen LogP contribution < -0.4 is 0 Å². The van der Waals surface area contributed by atoms with E-state index in [4.69, 9.17) is 0 Å². The van der Waals surface area contributed by atoms with Gasteiger partial charge in [-0.3, -0.25) is 33.7 Å². The molecule has 0 fully saturated rings. The van der Waals surface area contributed by atoms with Crippen LogP contribution in [0.1, 0.15) is 104 Å². The molecule has 0 radical (unpaired) electrons. The fraction of sp³-hybridized carbons (Fsp3) is 0.500. The average molecular weight is 801 g/mol. The van der Waals surface area contributed by atoms with Crippen LogP contribution in [0.3, 0.4) is 0 Å². The normalized spacial score (nSPS) is 10.9. The van der Waals surface area contributed by atoms with Crippen molar-refractivity contribution in [1.29, 1.82) is 0 Å². The molecule has 0 saturated carbocycles. The highest BCUT2D eigenvalue weighted by Crippen LogP contribution is 2.11. The number of hydrogen-bond donors (Lipinski definition) is 0. The summed E-state index contributed by atoms with van der Waals surface area (Å²) in [5.74, 6) is -1.82. The average Bonchev–Trinajstić information content (AvgIpc) is 3.26. The van der Waals surface area contributed by atoms with E-state index >= 15 is 0 Å². The lowest BCUT2D eigenvalue weighted by molar-refractivity contribution is 0.0729. The van der Waals surface area contributed by atoms with Crippen molar-refractivity contribution in [2.45, 2.75) is 41.5 Å². The summed E-state index contributed by atoms with van der Waals surface area (Å²) in [6, 6.07) is 14.4. The summed E-state index contributed by atoms with van der Waals surface area (Å²) in [7, 11) is 4.97. The molecule has 314 valence electrons. The van der Waals surface area contributed by atoms with Gasteiger partial charge in [0.25, 0.3) is 35.4 Å². The molecule has 3 aromatic rings. The van der Waals surface area contributed by atoms with E-state index in [9.17, 15) is 28.8 Å². The molecule has 3 rings (SSSR count). The van der Waals surface area contributed by atoms with Crippen LogP contribution in [0.5, 0.6) is 0 Å². The quantitative estimate of drug-likeness (QED) is 0.156. The zero-order chi connectivity index (χ0) is 42.9. The molecule has 0 saturated heterocycles. The number of likely N-dealkylation sites (N-methyl/N-ethyl adjacent to an activating group) is 3. The second kappa shape index (κ2) is 22.8. The van der Waals surface area contributed by atoms with Crippen molar-refractivity contribution in [3.05, 3.63) is 88.8 Å². The highest BCUT2D eigenvalue weighted by atomic mass is 16.2. The number of carbonyl (C=O) groups excluding carboxylic acids is 6. The zero-order valence-electron chi connectivity index (χ0n) is 35.6. The van der Waals surface area contributed by atoms with Crippen molar-refractivity contribution in [3.63, 3.8) is 0 Å². The van der Waals surface area contributed by atoms with E-state index in [0.717, 1.165) is 0 Å². The monoisotopic (exact) mass is 800 g/mol. The van der Waals surface area contributed by atoms with Gasteiger partial charge in [-0.25, -0.2) is 15.0 Å². The topological polar surface area (TPSA) is 164 Å². The fourth-order valence-electron chi connectivity index (χ4n) is 6.14. The Kier molecular flexibility index (Phi) is 18.4. The lowest BCUT2D eigenvalue weighted by Gasteiger charge is -2.29. The first-order valence-corrected chi connectivity index (χ1v) is 20.0. The van der Waals surface area contributed by atoms with E-state index in [-0.39, 0.29) is 89.2 Å². The number of pyridine rings is 3. The van der Waals surface area contributed by atoms with Crippen molar-refractivity contribution < 1.29 is 28.8 Å². The van der Waals surface area contributed by atoms with E-state index in [1.807, 2.05) is 46.4 Å². The molecule has 16 heteroatoms. The molecule has 0 aliphatic carbocycles. The maximum Gasteiger partial charge on any atom is 0.272 e. The Hall–Kier alpha value is -5.77. The minimum atomic E-state index is -0.357. The van der Waals surface area contributed by atoms with E-state index in [2.05, 4.69) is 15.0 Å². The minimum absolute atomic E-state index is 0.145. The molecule has 0 spiro atoms. The molecule has 6 amide bonds. The van der Waals surface area contributed by atoms with Gasteiger partial charge in [-0.05, 0) is 77.9 Å². The van der Waals surface area contributed by atoms with Gasteiger partial charge < -0.3 is 29.4 Å². The van der Waals surface area contributed by atoms with E-state index < -0.39 is 0 Å². The van der Waals surface area contributed by atoms with E-state index in [1.54, 1.807) is 90.4 Å². The molecule has 0 aromatic carbocycles. The van der Waals surface area contributed by atoms with E-state index in [0.29, 0.717) is 58.9 Å². The summed E-state index contributed by atoms with van der Waals surface area (Å²) in [6.07, 6.45) is 0. The first kappa shape index (κ1) is 46.6. The van der Waals surface area contributed by atoms with Gasteiger partial charge in [0.2, 0.25) is 0 Å². The predicted molar refractivity (Wildman–Crippen MR) is 222 cm³/mol. The Morgan fingerprint density at radius 1 is 0.362 bits per heavy atom. The molecule has 0 aliphatic rings. The lowest BCUT2D eigenvalue weighted by Crippen LogP contribution is -2.44. The smallest absolute Gasteiger partial charge is 0.272 e. The molecule has 0 aliphatic heterocycles. The highest BCUT2D eigenvalue weighted by molar-refractivity contribution is 5.98. The second-order valence-corrected chi connectivity index (χ2v) is 13.7. The first-order chi connectivity index (χ1) is 27.7. The summed E-state index contributed by atoms with van der Waals surface area (Å²) in [5.41, 5.74) is 1.02. The van der Waals surface area contributed by atoms with E-state index in [1.165, 1.54) is 14.7 Å². The molecular formula is C42H60N10O6. The molecular weight excluding hydrogens is 741 g/mol. The van der Waals surface area contributed by atoms with Crippen LogP contribution in [0, 0.1) is 0 Å². The largest absolute Gasteiger partial charge is 0.339 e. The Morgan fingerprint density at radius 3 is 0.776 bits per heavy atom. The van der Waals surface area contributed by atoms with Gasteiger partial charge >= 0.3 is 0 Å². The molecule has 3 heterocycles. The van der Waals surface area contributed by atoms with Gasteiger partial charge in [0.1, 0.15) is 34.2 Å². The molecule has 16 nitrogen and oxygen atoms in total. The molecule has 0 N–H and O–H groups in total. The van der Waals surface area contributed by atoms with Crippen LogP contribution in [-0.2, 0) is 0 Å². The summed E-state index contributed by atoms with van der Waals surface area (Å²) in [4.78, 5) is 104. The summed E-state index contributed by atoms with van der Waals surface area (Å²) >= 11 is 0. The SMILES string of the molecule is CCN(CC)C(=O)c1cccc(C(=O)N(C)CCN(CCN(C)C(=O)c2cccc(C(=O)N(CC)CC)n2)CCN(C)C(=O)c2cccc(C(=O)N(CC)CC)n2)n1. The van der Waals surface area contributed by atoms with Crippen molar-refractivity contribution >= 4 is 35.4 Å². The van der Waals surface area contributed by atoms with Gasteiger partial charge in [0.05, 0.1) is 0 Å². The van der Waals surface area contributed by atoms with Crippen LogP contribution in [0.4, 0.5) is 0 Å². The number of hydrogen-bond acceptors (Lipinski definition) is 10. The molecule has 58 heavy (non-hydrogen) atoms. The van der Waals surface area contributed by atoms with Crippen molar-refractivity contribution in [3.8, 4) is 0 Å². The molecule has 3 aromatic heterocycles. The first-order valence-electron chi connectivity index (χ1n) is 20.0. The summed E-state index contributed by atoms with van der Waals surface area (Å²) < 4.78 is 0. The van der Waals surface area contributed by atoms with Crippen LogP contribution in [0.25, 0.3) is 0 Å². The summed E-state index contributed by atoms with van der Waals surface area (Å²) in [6.45, 7) is 16.4. The Balaban J connectivity index is 1.77. The third kappa shape index (κ3) is 12.4. The van der Waals surface area contributed by atoms with Gasteiger partial charge in [-0.15, -0.1) is 0 Å². The van der Waals surface area contributed by atoms with Crippen molar-refractivity contribution in [2.75, 3.05) is 99.7 Å². The minimum Gasteiger partial charge on any atom is -0.339 e. The van der Waals surface area contributed by atoms with Crippen LogP contribution in [0.2, 0.25) is 0 Å². The van der Waals surface area contributed by atoms with Gasteiger partial charge in [0.15, 0.2) is 0 Å². The Labute approximate surface area is 342 Å². The van der Waals surface area contributed by atoms with Crippen LogP contribution >= 0.6 is 0 Å². The van der Waals surface area contributed by atoms with Gasteiger partial charge in [0, 0.05) is 99.7 Å². The number of rotatable bonds is 21. The summed E-state index contributed by atoms with van der Waals surface area (Å²) in [5, 5.41) is 0. The maximum atomic E-state index is 13.5. The molecule has 0 atom stereocenters.